The van der Waals surface area contributed by atoms with Gasteiger partial charge in [0, 0.05) is 12.1 Å². The first-order valence-electron chi connectivity index (χ1n) is 5.83. The van der Waals surface area contributed by atoms with Crippen LogP contribution in [0, 0.1) is 0 Å². The van der Waals surface area contributed by atoms with Crippen LogP contribution in [0.5, 0.6) is 5.75 Å². The third-order valence-corrected chi connectivity index (χ3v) is 3.93. The van der Waals surface area contributed by atoms with Gasteiger partial charge < -0.3 is 10.5 Å². The van der Waals surface area contributed by atoms with Crippen LogP contribution >= 0.6 is 0 Å². The number of nitrogens with one attached hydrogen (secondary N) is 1. The summed E-state index contributed by atoms with van der Waals surface area (Å²) in [6, 6.07) is 5.94. The van der Waals surface area contributed by atoms with Crippen molar-refractivity contribution in [3.8, 4) is 5.75 Å². The summed E-state index contributed by atoms with van der Waals surface area (Å²) in [5.74, 6) is 0.475. The third kappa shape index (κ3) is 4.62. The quantitative estimate of drug-likeness (QED) is 0.765. The smallest absolute Gasteiger partial charge is 0.240 e. The summed E-state index contributed by atoms with van der Waals surface area (Å²) < 4.78 is 43.4. The number of rotatable bonds is 7. The molecule has 1 rings (SSSR count). The number of hydrogen-bond donors (Lipinski definition) is 2. The SMILES string of the molecule is CCNS(=O)(=O)c1ccc(OCC(=CF)C[NH3+])cc1. The average molecular weight is 289 g/mol. The van der Waals surface area contributed by atoms with E-state index >= 15 is 0 Å². The molecule has 0 aliphatic rings. The lowest BCUT2D eigenvalue weighted by molar-refractivity contribution is -0.356. The summed E-state index contributed by atoms with van der Waals surface area (Å²) in [5, 5.41) is 0. The van der Waals surface area contributed by atoms with Crippen LogP contribution in [0.3, 0.4) is 0 Å². The summed E-state index contributed by atoms with van der Waals surface area (Å²) >= 11 is 0. The molecule has 0 heterocycles. The second-order valence-electron chi connectivity index (χ2n) is 3.78. The van der Waals surface area contributed by atoms with Crippen LogP contribution in [0.2, 0.25) is 0 Å². The van der Waals surface area contributed by atoms with Crippen LogP contribution in [-0.2, 0) is 10.0 Å². The minimum atomic E-state index is -3.45. The van der Waals surface area contributed by atoms with Gasteiger partial charge in [-0.25, -0.2) is 17.5 Å². The molecule has 0 aliphatic carbocycles. The molecule has 0 bridgehead atoms. The van der Waals surface area contributed by atoms with Gasteiger partial charge in [-0.3, -0.25) is 0 Å². The van der Waals surface area contributed by atoms with Gasteiger partial charge in [0.1, 0.15) is 18.9 Å². The Labute approximate surface area is 112 Å². The van der Waals surface area contributed by atoms with Gasteiger partial charge in [-0.05, 0) is 24.3 Å². The Morgan fingerprint density at radius 2 is 2.05 bits per heavy atom. The van der Waals surface area contributed by atoms with Gasteiger partial charge in [0.15, 0.2) is 0 Å². The average Bonchev–Trinajstić information content (AvgIpc) is 2.40. The van der Waals surface area contributed by atoms with E-state index in [0.29, 0.717) is 30.7 Å². The van der Waals surface area contributed by atoms with Crippen LogP contribution in [0.15, 0.2) is 41.1 Å². The normalized spacial score (nSPS) is 12.5. The highest BCUT2D eigenvalue weighted by Crippen LogP contribution is 2.16. The zero-order valence-corrected chi connectivity index (χ0v) is 11.5. The van der Waals surface area contributed by atoms with Crippen LogP contribution < -0.4 is 15.2 Å². The molecular formula is C12H18FN2O3S+. The van der Waals surface area contributed by atoms with E-state index in [9.17, 15) is 12.8 Å². The summed E-state index contributed by atoms with van der Waals surface area (Å²) in [4.78, 5) is 0.167. The van der Waals surface area contributed by atoms with Gasteiger partial charge in [0.2, 0.25) is 10.0 Å². The highest BCUT2D eigenvalue weighted by molar-refractivity contribution is 7.89. The molecule has 106 valence electrons. The Hall–Kier alpha value is -1.44. The number of ether oxygens (including phenoxy) is 1. The summed E-state index contributed by atoms with van der Waals surface area (Å²) in [6.45, 7) is 2.45. The van der Waals surface area contributed by atoms with Gasteiger partial charge in [-0.1, -0.05) is 6.92 Å². The molecule has 0 aliphatic heterocycles. The van der Waals surface area contributed by atoms with E-state index in [2.05, 4.69) is 10.5 Å². The Bertz CT molecular complexity index is 526. The van der Waals surface area contributed by atoms with Crippen LogP contribution in [0.4, 0.5) is 4.39 Å². The van der Waals surface area contributed by atoms with E-state index in [1.54, 1.807) is 6.92 Å². The summed E-state index contributed by atoms with van der Waals surface area (Å²) in [7, 11) is -3.45. The molecule has 4 N–H and O–H groups in total. The van der Waals surface area contributed by atoms with Gasteiger partial charge in [-0.15, -0.1) is 0 Å². The lowest BCUT2D eigenvalue weighted by Gasteiger charge is -2.08. The molecule has 1 aromatic carbocycles. The van der Waals surface area contributed by atoms with Gasteiger partial charge in [0.25, 0.3) is 0 Å². The number of sulfonamides is 1. The van der Waals surface area contributed by atoms with Gasteiger partial charge in [-0.2, -0.15) is 0 Å². The molecule has 0 saturated heterocycles. The second kappa shape index (κ2) is 7.22. The van der Waals surface area contributed by atoms with Crippen molar-refractivity contribution < 1.29 is 23.3 Å². The van der Waals surface area contributed by atoms with Crippen molar-refractivity contribution >= 4 is 10.0 Å². The van der Waals surface area contributed by atoms with Crippen molar-refractivity contribution in [2.24, 2.45) is 0 Å². The van der Waals surface area contributed by atoms with Gasteiger partial charge in [0.05, 0.1) is 11.2 Å². The molecule has 7 heteroatoms. The number of quaternary nitrogens is 1. The van der Waals surface area contributed by atoms with Crippen molar-refractivity contribution in [1.82, 2.24) is 4.72 Å². The molecule has 0 saturated carbocycles. The maximum atomic E-state index is 12.3. The Kier molecular flexibility index (Phi) is 5.94. The molecule has 0 atom stereocenters. The Morgan fingerprint density at radius 1 is 1.42 bits per heavy atom. The molecule has 1 aromatic rings. The Balaban J connectivity index is 2.72. The van der Waals surface area contributed by atoms with Crippen LogP contribution in [0.25, 0.3) is 0 Å². The molecule has 19 heavy (non-hydrogen) atoms. The van der Waals surface area contributed by atoms with E-state index in [-0.39, 0.29) is 11.5 Å². The summed E-state index contributed by atoms with van der Waals surface area (Å²) in [5.41, 5.74) is 3.99. The van der Waals surface area contributed by atoms with Crippen molar-refractivity contribution in [2.75, 3.05) is 19.7 Å². The fourth-order valence-corrected chi connectivity index (χ4v) is 2.36. The topological polar surface area (TPSA) is 83.0 Å². The molecule has 0 radical (unpaired) electrons. The molecule has 0 unspecified atom stereocenters. The minimum absolute atomic E-state index is 0.0965. The van der Waals surface area contributed by atoms with Crippen molar-refractivity contribution in [3.05, 3.63) is 36.2 Å². The maximum Gasteiger partial charge on any atom is 0.240 e. The fourth-order valence-electron chi connectivity index (χ4n) is 1.32. The highest BCUT2D eigenvalue weighted by atomic mass is 32.2. The monoisotopic (exact) mass is 289 g/mol. The van der Waals surface area contributed by atoms with E-state index in [1.807, 2.05) is 0 Å². The zero-order chi connectivity index (χ0) is 14.3. The van der Waals surface area contributed by atoms with E-state index in [4.69, 9.17) is 4.74 Å². The predicted octanol–water partition coefficient (Wildman–Crippen LogP) is 0.459. The molecule has 5 nitrogen and oxygen atoms in total. The molecule has 0 aromatic heterocycles. The molecule has 0 fully saturated rings. The first-order valence-corrected chi connectivity index (χ1v) is 7.31. The van der Waals surface area contributed by atoms with Crippen molar-refractivity contribution in [1.29, 1.82) is 0 Å². The van der Waals surface area contributed by atoms with Crippen molar-refractivity contribution in [2.45, 2.75) is 11.8 Å². The predicted molar refractivity (Wildman–Crippen MR) is 69.7 cm³/mol. The highest BCUT2D eigenvalue weighted by Gasteiger charge is 2.12. The summed E-state index contributed by atoms with van der Waals surface area (Å²) in [6.07, 6.45) is 0.469. The lowest BCUT2D eigenvalue weighted by Crippen LogP contribution is -2.51. The number of benzene rings is 1. The van der Waals surface area contributed by atoms with Gasteiger partial charge >= 0.3 is 0 Å². The first kappa shape index (κ1) is 15.6. The second-order valence-corrected chi connectivity index (χ2v) is 5.55. The van der Waals surface area contributed by atoms with E-state index < -0.39 is 10.0 Å². The first-order chi connectivity index (χ1) is 9.03. The third-order valence-electron chi connectivity index (χ3n) is 2.37. The maximum absolute atomic E-state index is 12.3. The zero-order valence-electron chi connectivity index (χ0n) is 10.7. The van der Waals surface area contributed by atoms with E-state index in [0.717, 1.165) is 0 Å². The fraction of sp³-hybridized carbons (Fsp3) is 0.333. The van der Waals surface area contributed by atoms with Crippen LogP contribution in [-0.4, -0.2) is 28.1 Å². The standard InChI is InChI=1S/C12H17FN2O3S/c1-2-15-19(16,17)12-5-3-11(4-6-12)18-9-10(7-13)8-14/h3-7,15H,2,8-9,14H2,1H3/p+1. The van der Waals surface area contributed by atoms with Crippen LogP contribution in [0.1, 0.15) is 6.92 Å². The Morgan fingerprint density at radius 3 is 2.53 bits per heavy atom. The molecule has 0 amide bonds. The molecule has 0 spiro atoms. The largest absolute Gasteiger partial charge is 0.489 e. The lowest BCUT2D eigenvalue weighted by atomic mass is 10.3. The molecular weight excluding hydrogens is 271 g/mol. The van der Waals surface area contributed by atoms with E-state index in [1.165, 1.54) is 24.3 Å². The number of hydrogen-bond acceptors (Lipinski definition) is 3. The van der Waals surface area contributed by atoms with Crippen molar-refractivity contribution in [3.63, 3.8) is 0 Å². The number of halogens is 1. The minimum Gasteiger partial charge on any atom is -0.489 e.